The fourth-order valence-corrected chi connectivity index (χ4v) is 0.827. The Hall–Kier alpha value is -1.38. The van der Waals surface area contributed by atoms with E-state index in [-0.39, 0.29) is 5.56 Å². The lowest BCUT2D eigenvalue weighted by Crippen LogP contribution is -2.14. The molecule has 0 atom stereocenters. The van der Waals surface area contributed by atoms with Crippen LogP contribution in [0.2, 0.25) is 0 Å². The summed E-state index contributed by atoms with van der Waals surface area (Å²) >= 11 is 0. The Balaban J connectivity index is 3.25. The molecular formula is C8H10N2O. The molecule has 0 unspecified atom stereocenters. The molecule has 58 valence electrons. The van der Waals surface area contributed by atoms with Gasteiger partial charge in [-0.3, -0.25) is 9.79 Å². The number of rotatable bonds is 1. The second-order valence-electron chi connectivity index (χ2n) is 2.22. The van der Waals surface area contributed by atoms with Gasteiger partial charge >= 0.3 is 0 Å². The van der Waals surface area contributed by atoms with Crippen LogP contribution in [-0.4, -0.2) is 17.7 Å². The van der Waals surface area contributed by atoms with Gasteiger partial charge in [-0.25, -0.2) is 0 Å². The lowest BCUT2D eigenvalue weighted by molar-refractivity contribution is 1.22. The van der Waals surface area contributed by atoms with Crippen LogP contribution in [0, 0.1) is 0 Å². The molecule has 0 aromatic carbocycles. The molecule has 0 aliphatic heterocycles. The van der Waals surface area contributed by atoms with Crippen LogP contribution in [0.4, 0.5) is 0 Å². The highest BCUT2D eigenvalue weighted by molar-refractivity contribution is 5.98. The largest absolute Gasteiger partial charge is 0.329 e. The average Bonchev–Trinajstić information content (AvgIpc) is 2.04. The average molecular weight is 150 g/mol. The molecule has 0 bridgehead atoms. The minimum absolute atomic E-state index is 0.0874. The maximum atomic E-state index is 11.1. The summed E-state index contributed by atoms with van der Waals surface area (Å²) in [6, 6.07) is 3.53. The van der Waals surface area contributed by atoms with Crippen molar-refractivity contribution in [1.29, 1.82) is 0 Å². The fourth-order valence-electron chi connectivity index (χ4n) is 0.827. The molecule has 3 nitrogen and oxygen atoms in total. The number of hydrogen-bond donors (Lipinski definition) is 1. The van der Waals surface area contributed by atoms with E-state index >= 15 is 0 Å². The lowest BCUT2D eigenvalue weighted by Gasteiger charge is -1.95. The molecule has 1 aromatic heterocycles. The molecule has 0 radical (unpaired) electrons. The van der Waals surface area contributed by atoms with Gasteiger partial charge < -0.3 is 4.98 Å². The minimum Gasteiger partial charge on any atom is -0.329 e. The highest BCUT2D eigenvalue weighted by atomic mass is 16.1. The maximum Gasteiger partial charge on any atom is 0.257 e. The third-order valence-electron chi connectivity index (χ3n) is 1.54. The van der Waals surface area contributed by atoms with Gasteiger partial charge in [0, 0.05) is 19.0 Å². The Morgan fingerprint density at radius 2 is 2.36 bits per heavy atom. The second kappa shape index (κ2) is 3.14. The molecule has 0 spiro atoms. The van der Waals surface area contributed by atoms with Gasteiger partial charge in [0.25, 0.3) is 5.56 Å². The van der Waals surface area contributed by atoms with Gasteiger partial charge in [0.15, 0.2) is 0 Å². The molecule has 3 heteroatoms. The molecular weight excluding hydrogens is 140 g/mol. The Morgan fingerprint density at radius 1 is 1.64 bits per heavy atom. The van der Waals surface area contributed by atoms with Gasteiger partial charge in [-0.05, 0) is 19.1 Å². The third kappa shape index (κ3) is 1.55. The first kappa shape index (κ1) is 7.72. The van der Waals surface area contributed by atoms with Gasteiger partial charge in [-0.1, -0.05) is 0 Å². The molecule has 0 amide bonds. The highest BCUT2D eigenvalue weighted by Gasteiger charge is 1.98. The van der Waals surface area contributed by atoms with Crippen LogP contribution >= 0.6 is 0 Å². The second-order valence-corrected chi connectivity index (χ2v) is 2.22. The number of aromatic nitrogens is 1. The van der Waals surface area contributed by atoms with E-state index in [1.54, 1.807) is 25.4 Å². The van der Waals surface area contributed by atoms with Crippen molar-refractivity contribution in [1.82, 2.24) is 4.98 Å². The van der Waals surface area contributed by atoms with E-state index in [9.17, 15) is 4.79 Å². The quantitative estimate of drug-likeness (QED) is 0.592. The number of H-pyrrole nitrogens is 1. The van der Waals surface area contributed by atoms with Gasteiger partial charge in [0.1, 0.15) is 0 Å². The molecule has 1 heterocycles. The van der Waals surface area contributed by atoms with E-state index < -0.39 is 0 Å². The van der Waals surface area contributed by atoms with E-state index in [4.69, 9.17) is 0 Å². The summed E-state index contributed by atoms with van der Waals surface area (Å²) in [4.78, 5) is 17.6. The van der Waals surface area contributed by atoms with Crippen molar-refractivity contribution in [3.8, 4) is 0 Å². The zero-order chi connectivity index (χ0) is 8.27. The van der Waals surface area contributed by atoms with Crippen LogP contribution < -0.4 is 5.56 Å². The van der Waals surface area contributed by atoms with Crippen molar-refractivity contribution in [2.24, 2.45) is 4.99 Å². The first-order chi connectivity index (χ1) is 5.25. The van der Waals surface area contributed by atoms with Gasteiger partial charge in [0.05, 0.1) is 5.56 Å². The lowest BCUT2D eigenvalue weighted by atomic mass is 10.2. The molecule has 0 fully saturated rings. The summed E-state index contributed by atoms with van der Waals surface area (Å²) in [6.45, 7) is 1.81. The van der Waals surface area contributed by atoms with Crippen molar-refractivity contribution in [3.63, 3.8) is 0 Å². The first-order valence-electron chi connectivity index (χ1n) is 3.37. The van der Waals surface area contributed by atoms with Gasteiger partial charge in [0.2, 0.25) is 0 Å². The van der Waals surface area contributed by atoms with E-state index in [0.717, 1.165) is 5.71 Å². The van der Waals surface area contributed by atoms with Crippen molar-refractivity contribution in [2.75, 3.05) is 7.05 Å². The molecule has 0 saturated heterocycles. The number of aromatic amines is 1. The molecule has 11 heavy (non-hydrogen) atoms. The Morgan fingerprint density at radius 3 is 2.91 bits per heavy atom. The topological polar surface area (TPSA) is 45.2 Å². The van der Waals surface area contributed by atoms with Gasteiger partial charge in [-0.15, -0.1) is 0 Å². The van der Waals surface area contributed by atoms with Crippen molar-refractivity contribution in [3.05, 3.63) is 34.2 Å². The fraction of sp³-hybridized carbons (Fsp3) is 0.250. The number of aliphatic imine (C=N–C) groups is 1. The number of nitrogens with zero attached hydrogens (tertiary/aromatic N) is 1. The van der Waals surface area contributed by atoms with Crippen LogP contribution in [0.25, 0.3) is 0 Å². The zero-order valence-electron chi connectivity index (χ0n) is 6.59. The minimum atomic E-state index is -0.0874. The highest BCUT2D eigenvalue weighted by Crippen LogP contribution is 1.91. The first-order valence-corrected chi connectivity index (χ1v) is 3.37. The number of hydrogen-bond acceptors (Lipinski definition) is 2. The molecule has 1 N–H and O–H groups in total. The van der Waals surface area contributed by atoms with Crippen LogP contribution in [0.3, 0.4) is 0 Å². The summed E-state index contributed by atoms with van der Waals surface area (Å²) in [6.07, 6.45) is 1.61. The summed E-state index contributed by atoms with van der Waals surface area (Å²) in [5.74, 6) is 0. The van der Waals surface area contributed by atoms with Crippen molar-refractivity contribution < 1.29 is 0 Å². The van der Waals surface area contributed by atoms with Crippen molar-refractivity contribution in [2.45, 2.75) is 6.92 Å². The Labute approximate surface area is 64.8 Å². The molecule has 1 aromatic rings. The summed E-state index contributed by atoms with van der Waals surface area (Å²) in [7, 11) is 1.67. The normalized spacial score (nSPS) is 11.6. The maximum absolute atomic E-state index is 11.1. The predicted octanol–water partition coefficient (Wildman–Crippen LogP) is 0.814. The van der Waals surface area contributed by atoms with Gasteiger partial charge in [-0.2, -0.15) is 0 Å². The van der Waals surface area contributed by atoms with E-state index in [1.165, 1.54) is 0 Å². The van der Waals surface area contributed by atoms with E-state index in [0.29, 0.717) is 5.56 Å². The number of nitrogens with one attached hydrogen (secondary N) is 1. The van der Waals surface area contributed by atoms with Crippen LogP contribution in [0.1, 0.15) is 12.5 Å². The molecule has 0 aliphatic carbocycles. The van der Waals surface area contributed by atoms with Crippen LogP contribution in [-0.2, 0) is 0 Å². The third-order valence-corrected chi connectivity index (χ3v) is 1.54. The van der Waals surface area contributed by atoms with Crippen LogP contribution in [0.5, 0.6) is 0 Å². The Bertz CT molecular complexity index is 325. The zero-order valence-corrected chi connectivity index (χ0v) is 6.59. The summed E-state index contributed by atoms with van der Waals surface area (Å²) in [5, 5.41) is 0. The standard InChI is InChI=1S/C8H10N2O/c1-6(9-2)7-4-3-5-10-8(7)11/h3-5H,1-2H3,(H,10,11). The smallest absolute Gasteiger partial charge is 0.257 e. The van der Waals surface area contributed by atoms with Crippen LogP contribution in [0.15, 0.2) is 28.1 Å². The van der Waals surface area contributed by atoms with Crippen molar-refractivity contribution >= 4 is 5.71 Å². The molecule has 0 aliphatic rings. The molecule has 1 rings (SSSR count). The van der Waals surface area contributed by atoms with E-state index in [1.807, 2.05) is 6.92 Å². The molecule has 0 saturated carbocycles. The summed E-state index contributed by atoms with van der Waals surface area (Å²) in [5.41, 5.74) is 1.30. The number of pyridine rings is 1. The SMILES string of the molecule is CN=C(C)c1ccc[nH]c1=O. The summed E-state index contributed by atoms with van der Waals surface area (Å²) < 4.78 is 0. The van der Waals surface area contributed by atoms with E-state index in [2.05, 4.69) is 9.98 Å². The Kier molecular flexibility index (Phi) is 2.21. The monoisotopic (exact) mass is 150 g/mol. The predicted molar refractivity (Wildman–Crippen MR) is 45.2 cm³/mol.